The molecule has 0 aliphatic carbocycles. The Morgan fingerprint density at radius 1 is 0.260 bits per heavy atom. The van der Waals surface area contributed by atoms with E-state index >= 15 is 0 Å². The number of aliphatic hydroxyl groups is 1. The van der Waals surface area contributed by atoms with Gasteiger partial charge in [-0.2, -0.15) is 0 Å². The fourth-order valence-corrected chi connectivity index (χ4v) is 14.8. The first kappa shape index (κ1) is 102. The molecule has 0 bridgehead atoms. The van der Waals surface area contributed by atoms with Crippen LogP contribution in [0.4, 0.5) is 0 Å². The number of rotatable bonds is 84. The highest BCUT2D eigenvalue weighted by atomic mass is 31.2. The molecule has 0 aromatic heterocycles. The smallest absolute Gasteiger partial charge is 0.462 e. The summed E-state index contributed by atoms with van der Waals surface area (Å²) >= 11 is 0. The summed E-state index contributed by atoms with van der Waals surface area (Å²) in [6.07, 6.45) is 68.0. The topological polar surface area (TPSA) is 237 Å². The number of ether oxygens (including phenoxy) is 4. The number of aliphatic hydroxyl groups excluding tert-OH is 1. The van der Waals surface area contributed by atoms with Crippen LogP contribution in [0.25, 0.3) is 0 Å². The number of hydrogen-bond donors (Lipinski definition) is 3. The lowest BCUT2D eigenvalue weighted by atomic mass is 10.0. The highest BCUT2D eigenvalue weighted by molar-refractivity contribution is 7.47. The zero-order valence-corrected chi connectivity index (χ0v) is 70.1. The van der Waals surface area contributed by atoms with Crippen molar-refractivity contribution in [1.29, 1.82) is 0 Å². The van der Waals surface area contributed by atoms with Crippen molar-refractivity contribution in [3.63, 3.8) is 0 Å². The molecule has 0 saturated carbocycles. The van der Waals surface area contributed by atoms with Crippen molar-refractivity contribution in [2.45, 2.75) is 471 Å². The van der Waals surface area contributed by atoms with Crippen LogP contribution < -0.4 is 0 Å². The van der Waals surface area contributed by atoms with Gasteiger partial charge in [-0.15, -0.1) is 0 Å². The Labute approximate surface area is 638 Å². The van der Waals surface area contributed by atoms with Gasteiger partial charge in [0.2, 0.25) is 0 Å². The standard InChI is InChI=1S/C85H166O17P2/c1-7-9-11-13-15-17-19-20-21-24-28-33-38-44-50-56-62-68-83(88)96-74-81(102-84(89)69-63-57-51-45-39-34-29-26-23-22-25-27-31-36-41-47-53-59-65-77(3)4)76-100-104(93,94)98-72-79(86)71-97-103(91,92)99-75-80(73-95-82(87)67-61-55-49-43-18-16-14-12-10-8-2)101-85(90)70-64-58-52-46-40-35-30-32-37-42-48-54-60-66-78(5)6/h77-81,86H,7-76H2,1-6H3,(H,91,92)(H,93,94)/t79-,80+,81+/m0/s1. The van der Waals surface area contributed by atoms with Crippen molar-refractivity contribution in [3.05, 3.63) is 0 Å². The average molecular weight is 1520 g/mol. The van der Waals surface area contributed by atoms with Crippen molar-refractivity contribution in [2.24, 2.45) is 11.8 Å². The van der Waals surface area contributed by atoms with Gasteiger partial charge in [-0.1, -0.05) is 401 Å². The maximum atomic E-state index is 13.1. The van der Waals surface area contributed by atoms with Crippen molar-refractivity contribution >= 4 is 39.5 Å². The average Bonchev–Trinajstić information content (AvgIpc) is 0.923. The molecule has 19 heteroatoms. The zero-order chi connectivity index (χ0) is 76.4. The Morgan fingerprint density at radius 3 is 0.654 bits per heavy atom. The third kappa shape index (κ3) is 78.2. The monoisotopic (exact) mass is 1520 g/mol. The molecule has 5 atom stereocenters. The molecule has 17 nitrogen and oxygen atoms in total. The van der Waals surface area contributed by atoms with Gasteiger partial charge in [0.05, 0.1) is 26.4 Å². The molecule has 0 aromatic rings. The lowest BCUT2D eigenvalue weighted by Gasteiger charge is -2.21. The second kappa shape index (κ2) is 76.4. The van der Waals surface area contributed by atoms with Crippen LogP contribution in [-0.2, 0) is 65.4 Å². The Kier molecular flexibility index (Phi) is 75.0. The minimum absolute atomic E-state index is 0.108. The summed E-state index contributed by atoms with van der Waals surface area (Å²) in [6.45, 7) is 9.71. The third-order valence-corrected chi connectivity index (χ3v) is 21.9. The van der Waals surface area contributed by atoms with E-state index in [4.69, 9.17) is 37.0 Å². The summed E-state index contributed by atoms with van der Waals surface area (Å²) in [5.74, 6) is -0.495. The molecule has 0 aliphatic heterocycles. The van der Waals surface area contributed by atoms with Crippen molar-refractivity contribution in [2.75, 3.05) is 39.6 Å². The number of phosphoric ester groups is 2. The second-order valence-corrected chi connectivity index (χ2v) is 34.4. The van der Waals surface area contributed by atoms with E-state index in [2.05, 4.69) is 41.5 Å². The van der Waals surface area contributed by atoms with E-state index in [0.717, 1.165) is 102 Å². The van der Waals surface area contributed by atoms with Gasteiger partial charge in [-0.05, 0) is 37.5 Å². The summed E-state index contributed by atoms with van der Waals surface area (Å²) in [6, 6.07) is 0. The number of hydrogen-bond acceptors (Lipinski definition) is 15. The molecular weight excluding hydrogens is 1350 g/mol. The first-order valence-electron chi connectivity index (χ1n) is 44.0. The SMILES string of the molecule is CCCCCCCCCCCCCCCCCCCC(=O)OC[C@H](COP(=O)(O)OC[C@@H](O)COP(=O)(O)OC[C@@H](COC(=O)CCCCCCCCCCCC)OC(=O)CCCCCCCCCCCCCCCC(C)C)OC(=O)CCCCCCCCCCCCCCCCCCCCC(C)C. The van der Waals surface area contributed by atoms with Crippen LogP contribution in [0.3, 0.4) is 0 Å². The second-order valence-electron chi connectivity index (χ2n) is 31.5. The van der Waals surface area contributed by atoms with E-state index in [-0.39, 0.29) is 25.7 Å². The number of carbonyl (C=O) groups is 4. The first-order valence-corrected chi connectivity index (χ1v) is 47.0. The summed E-state index contributed by atoms with van der Waals surface area (Å²) in [4.78, 5) is 73.2. The van der Waals surface area contributed by atoms with Crippen LogP contribution in [0.2, 0.25) is 0 Å². The molecule has 0 rings (SSSR count). The largest absolute Gasteiger partial charge is 0.472 e. The van der Waals surface area contributed by atoms with Gasteiger partial charge in [0.15, 0.2) is 12.2 Å². The highest BCUT2D eigenvalue weighted by Crippen LogP contribution is 2.45. The van der Waals surface area contributed by atoms with Gasteiger partial charge in [0.25, 0.3) is 0 Å². The van der Waals surface area contributed by atoms with Gasteiger partial charge < -0.3 is 33.8 Å². The molecule has 0 amide bonds. The molecule has 618 valence electrons. The first-order chi connectivity index (χ1) is 50.4. The predicted octanol–water partition coefficient (Wildman–Crippen LogP) is 25.8. The van der Waals surface area contributed by atoms with Gasteiger partial charge >= 0.3 is 39.5 Å². The number of unbranched alkanes of at least 4 members (excludes halogenated alkanes) is 54. The van der Waals surface area contributed by atoms with Gasteiger partial charge in [-0.3, -0.25) is 37.3 Å². The predicted molar refractivity (Wildman–Crippen MR) is 428 cm³/mol. The third-order valence-electron chi connectivity index (χ3n) is 20.0. The number of phosphoric acid groups is 2. The molecular formula is C85H166O17P2. The lowest BCUT2D eigenvalue weighted by molar-refractivity contribution is -0.161. The lowest BCUT2D eigenvalue weighted by Crippen LogP contribution is -2.30. The number of carbonyl (C=O) groups excluding carboxylic acids is 4. The van der Waals surface area contributed by atoms with Crippen LogP contribution in [0.1, 0.15) is 452 Å². The Balaban J connectivity index is 5.22. The van der Waals surface area contributed by atoms with Crippen LogP contribution in [0.5, 0.6) is 0 Å². The molecule has 0 aromatic carbocycles. The quantitative estimate of drug-likeness (QED) is 0.0222. The fourth-order valence-electron chi connectivity index (χ4n) is 13.2. The molecule has 0 heterocycles. The highest BCUT2D eigenvalue weighted by Gasteiger charge is 2.30. The van der Waals surface area contributed by atoms with Crippen LogP contribution in [-0.4, -0.2) is 96.7 Å². The molecule has 0 spiro atoms. The summed E-state index contributed by atoms with van der Waals surface area (Å²) in [5.41, 5.74) is 0. The fraction of sp³-hybridized carbons (Fsp3) is 0.953. The van der Waals surface area contributed by atoms with Crippen molar-refractivity contribution in [3.8, 4) is 0 Å². The van der Waals surface area contributed by atoms with Crippen LogP contribution >= 0.6 is 15.6 Å². The van der Waals surface area contributed by atoms with Crippen molar-refractivity contribution in [1.82, 2.24) is 0 Å². The Bertz CT molecular complexity index is 1990. The van der Waals surface area contributed by atoms with Gasteiger partial charge in [0.1, 0.15) is 19.3 Å². The van der Waals surface area contributed by atoms with E-state index in [0.29, 0.717) is 25.7 Å². The summed E-state index contributed by atoms with van der Waals surface area (Å²) in [7, 11) is -9.92. The Morgan fingerprint density at radius 2 is 0.442 bits per heavy atom. The van der Waals surface area contributed by atoms with E-state index in [9.17, 15) is 43.2 Å². The molecule has 2 unspecified atom stereocenters. The van der Waals surface area contributed by atoms with Crippen LogP contribution in [0, 0.1) is 11.8 Å². The maximum absolute atomic E-state index is 13.1. The molecule has 0 aliphatic rings. The van der Waals surface area contributed by atoms with E-state index < -0.39 is 97.5 Å². The van der Waals surface area contributed by atoms with E-state index in [1.54, 1.807) is 0 Å². The van der Waals surface area contributed by atoms with Gasteiger partial charge in [-0.25, -0.2) is 9.13 Å². The molecule has 0 radical (unpaired) electrons. The summed E-state index contributed by atoms with van der Waals surface area (Å²) < 4.78 is 68.8. The number of esters is 4. The Hall–Kier alpha value is -1.94. The van der Waals surface area contributed by atoms with Crippen LogP contribution in [0.15, 0.2) is 0 Å². The summed E-state index contributed by atoms with van der Waals surface area (Å²) in [5, 5.41) is 10.7. The van der Waals surface area contributed by atoms with E-state index in [1.165, 1.54) is 270 Å². The normalized spacial score (nSPS) is 13.8. The van der Waals surface area contributed by atoms with Gasteiger partial charge in [0, 0.05) is 25.7 Å². The molecule has 0 fully saturated rings. The van der Waals surface area contributed by atoms with Crippen molar-refractivity contribution < 1.29 is 80.2 Å². The minimum atomic E-state index is -4.96. The maximum Gasteiger partial charge on any atom is 0.472 e. The minimum Gasteiger partial charge on any atom is -0.462 e. The zero-order valence-electron chi connectivity index (χ0n) is 68.3. The molecule has 104 heavy (non-hydrogen) atoms. The van der Waals surface area contributed by atoms with E-state index in [1.807, 2.05) is 0 Å². The molecule has 0 saturated heterocycles. The molecule has 3 N–H and O–H groups in total.